The molecule has 1 aromatic carbocycles. The molecule has 2 unspecified atom stereocenters. The maximum Gasteiger partial charge on any atom is 0.0349 e. The minimum absolute atomic E-state index is 0.192. The largest absolute Gasteiger partial charge is 0.398 e. The molecule has 0 radical (unpaired) electrons. The summed E-state index contributed by atoms with van der Waals surface area (Å²) in [6.07, 6.45) is 4.74. The SMILES string of the molecule is CCCC1CCc2c(N)cccc2C1N. The van der Waals surface area contributed by atoms with E-state index < -0.39 is 0 Å². The van der Waals surface area contributed by atoms with E-state index in [0.29, 0.717) is 5.92 Å². The third-order valence-corrected chi connectivity index (χ3v) is 3.54. The van der Waals surface area contributed by atoms with Crippen molar-refractivity contribution in [2.75, 3.05) is 5.73 Å². The molecule has 1 aliphatic carbocycles. The van der Waals surface area contributed by atoms with Gasteiger partial charge >= 0.3 is 0 Å². The molecule has 0 saturated carbocycles. The van der Waals surface area contributed by atoms with Gasteiger partial charge in [-0.3, -0.25) is 0 Å². The van der Waals surface area contributed by atoms with Crippen molar-refractivity contribution in [3.63, 3.8) is 0 Å². The smallest absolute Gasteiger partial charge is 0.0349 e. The third kappa shape index (κ3) is 1.86. The minimum Gasteiger partial charge on any atom is -0.398 e. The summed E-state index contributed by atoms with van der Waals surface area (Å²) in [6.45, 7) is 2.22. The average Bonchev–Trinajstić information content (AvgIpc) is 2.23. The zero-order chi connectivity index (χ0) is 10.8. The first-order valence-corrected chi connectivity index (χ1v) is 5.87. The Morgan fingerprint density at radius 1 is 1.40 bits per heavy atom. The standard InChI is InChI=1S/C13H20N2/c1-2-4-9-7-8-10-11(13(9)15)5-3-6-12(10)14/h3,5-6,9,13H,2,4,7-8,14-15H2,1H3. The van der Waals surface area contributed by atoms with Gasteiger partial charge in [-0.15, -0.1) is 0 Å². The second-order valence-electron chi connectivity index (χ2n) is 4.53. The van der Waals surface area contributed by atoms with Gasteiger partial charge < -0.3 is 11.5 Å². The Hall–Kier alpha value is -1.02. The molecule has 2 atom stereocenters. The Morgan fingerprint density at radius 3 is 2.93 bits per heavy atom. The molecule has 0 heterocycles. The lowest BCUT2D eigenvalue weighted by atomic mass is 9.77. The van der Waals surface area contributed by atoms with Crippen LogP contribution in [0.3, 0.4) is 0 Å². The molecule has 15 heavy (non-hydrogen) atoms. The Balaban J connectivity index is 2.30. The molecule has 1 aliphatic rings. The lowest BCUT2D eigenvalue weighted by molar-refractivity contribution is 0.352. The summed E-state index contributed by atoms with van der Waals surface area (Å²) in [5.74, 6) is 0.643. The van der Waals surface area contributed by atoms with Crippen LogP contribution in [0.25, 0.3) is 0 Å². The van der Waals surface area contributed by atoms with Crippen molar-refractivity contribution in [1.29, 1.82) is 0 Å². The second kappa shape index (κ2) is 4.23. The fourth-order valence-corrected chi connectivity index (χ4v) is 2.68. The van der Waals surface area contributed by atoms with Crippen LogP contribution in [0, 0.1) is 5.92 Å². The van der Waals surface area contributed by atoms with Gasteiger partial charge in [0.25, 0.3) is 0 Å². The van der Waals surface area contributed by atoms with Crippen LogP contribution in [-0.2, 0) is 6.42 Å². The van der Waals surface area contributed by atoms with Crippen molar-refractivity contribution in [2.45, 2.75) is 38.6 Å². The highest BCUT2D eigenvalue weighted by Gasteiger charge is 2.26. The number of benzene rings is 1. The van der Waals surface area contributed by atoms with Crippen LogP contribution in [0.2, 0.25) is 0 Å². The number of hydrogen-bond donors (Lipinski definition) is 2. The summed E-state index contributed by atoms with van der Waals surface area (Å²) in [5, 5.41) is 0. The highest BCUT2D eigenvalue weighted by Crippen LogP contribution is 2.37. The van der Waals surface area contributed by atoms with E-state index in [0.717, 1.165) is 12.1 Å². The Morgan fingerprint density at radius 2 is 2.20 bits per heavy atom. The van der Waals surface area contributed by atoms with Crippen LogP contribution >= 0.6 is 0 Å². The molecular formula is C13H20N2. The first kappa shape index (κ1) is 10.5. The van der Waals surface area contributed by atoms with Gasteiger partial charge in [0.2, 0.25) is 0 Å². The van der Waals surface area contributed by atoms with Crippen LogP contribution in [0.1, 0.15) is 43.4 Å². The molecule has 2 rings (SSSR count). The third-order valence-electron chi connectivity index (χ3n) is 3.54. The Kier molecular flexibility index (Phi) is 2.96. The minimum atomic E-state index is 0.192. The molecule has 4 N–H and O–H groups in total. The molecule has 0 spiro atoms. The first-order valence-electron chi connectivity index (χ1n) is 5.87. The molecule has 0 saturated heterocycles. The summed E-state index contributed by atoms with van der Waals surface area (Å²) in [5.41, 5.74) is 15.7. The fraction of sp³-hybridized carbons (Fsp3) is 0.538. The van der Waals surface area contributed by atoms with Crippen LogP contribution in [0.4, 0.5) is 5.69 Å². The van der Waals surface area contributed by atoms with Crippen LogP contribution < -0.4 is 11.5 Å². The summed E-state index contributed by atoms with van der Waals surface area (Å²) in [7, 11) is 0. The van der Waals surface area contributed by atoms with Crippen LogP contribution in [0.15, 0.2) is 18.2 Å². The van der Waals surface area contributed by atoms with Crippen molar-refractivity contribution in [2.24, 2.45) is 11.7 Å². The van der Waals surface area contributed by atoms with Gasteiger partial charge in [-0.05, 0) is 42.4 Å². The van der Waals surface area contributed by atoms with E-state index in [1.807, 2.05) is 12.1 Å². The predicted octanol–water partition coefficient (Wildman–Crippen LogP) is 2.63. The molecule has 0 bridgehead atoms. The highest BCUT2D eigenvalue weighted by atomic mass is 14.7. The monoisotopic (exact) mass is 204 g/mol. The average molecular weight is 204 g/mol. The van der Waals surface area contributed by atoms with Crippen LogP contribution in [-0.4, -0.2) is 0 Å². The van der Waals surface area contributed by atoms with E-state index in [2.05, 4.69) is 13.0 Å². The van der Waals surface area contributed by atoms with Crippen molar-refractivity contribution < 1.29 is 0 Å². The second-order valence-corrected chi connectivity index (χ2v) is 4.53. The zero-order valence-electron chi connectivity index (χ0n) is 9.37. The Labute approximate surface area is 91.7 Å². The molecule has 1 aromatic rings. The van der Waals surface area contributed by atoms with Gasteiger partial charge in [-0.2, -0.15) is 0 Å². The maximum absolute atomic E-state index is 6.29. The molecule has 0 aliphatic heterocycles. The van der Waals surface area contributed by atoms with Crippen molar-refractivity contribution in [1.82, 2.24) is 0 Å². The topological polar surface area (TPSA) is 52.0 Å². The highest BCUT2D eigenvalue weighted by molar-refractivity contribution is 5.53. The lowest BCUT2D eigenvalue weighted by Crippen LogP contribution is -2.27. The number of nitrogens with two attached hydrogens (primary N) is 2. The Bertz CT molecular complexity index is 346. The molecule has 0 amide bonds. The van der Waals surface area contributed by atoms with E-state index in [4.69, 9.17) is 11.5 Å². The molecule has 0 aromatic heterocycles. The van der Waals surface area contributed by atoms with Crippen molar-refractivity contribution in [3.05, 3.63) is 29.3 Å². The summed E-state index contributed by atoms with van der Waals surface area (Å²) in [6, 6.07) is 6.32. The zero-order valence-corrected chi connectivity index (χ0v) is 9.37. The van der Waals surface area contributed by atoms with Gasteiger partial charge in [-0.1, -0.05) is 25.5 Å². The summed E-state index contributed by atoms with van der Waals surface area (Å²) < 4.78 is 0. The van der Waals surface area contributed by atoms with Gasteiger partial charge in [-0.25, -0.2) is 0 Å². The molecular weight excluding hydrogens is 184 g/mol. The number of anilines is 1. The number of nitrogen functional groups attached to an aromatic ring is 1. The van der Waals surface area contributed by atoms with E-state index in [-0.39, 0.29) is 6.04 Å². The quantitative estimate of drug-likeness (QED) is 0.728. The van der Waals surface area contributed by atoms with E-state index in [9.17, 15) is 0 Å². The lowest BCUT2D eigenvalue weighted by Gasteiger charge is -2.31. The maximum atomic E-state index is 6.29. The normalized spacial score (nSPS) is 24.9. The van der Waals surface area contributed by atoms with Gasteiger partial charge in [0.05, 0.1) is 0 Å². The van der Waals surface area contributed by atoms with Crippen molar-refractivity contribution in [3.8, 4) is 0 Å². The summed E-state index contributed by atoms with van der Waals surface area (Å²) >= 11 is 0. The van der Waals surface area contributed by atoms with E-state index in [1.54, 1.807) is 0 Å². The molecule has 2 nitrogen and oxygen atoms in total. The number of hydrogen-bond acceptors (Lipinski definition) is 2. The summed E-state index contributed by atoms with van der Waals surface area (Å²) in [4.78, 5) is 0. The number of fused-ring (bicyclic) bond motifs is 1. The van der Waals surface area contributed by atoms with Gasteiger partial charge in [0.1, 0.15) is 0 Å². The predicted molar refractivity (Wildman–Crippen MR) is 64.5 cm³/mol. The van der Waals surface area contributed by atoms with Crippen LogP contribution in [0.5, 0.6) is 0 Å². The molecule has 0 fully saturated rings. The van der Waals surface area contributed by atoms with Gasteiger partial charge in [0, 0.05) is 11.7 Å². The van der Waals surface area contributed by atoms with E-state index >= 15 is 0 Å². The van der Waals surface area contributed by atoms with Crippen molar-refractivity contribution >= 4 is 5.69 Å². The molecule has 82 valence electrons. The fourth-order valence-electron chi connectivity index (χ4n) is 2.68. The van der Waals surface area contributed by atoms with Gasteiger partial charge in [0.15, 0.2) is 0 Å². The number of rotatable bonds is 2. The first-order chi connectivity index (χ1) is 7.24. The van der Waals surface area contributed by atoms with E-state index in [1.165, 1.54) is 30.4 Å². The molecule has 2 heteroatoms.